The van der Waals surface area contributed by atoms with Crippen molar-refractivity contribution in [1.82, 2.24) is 0 Å². The summed E-state index contributed by atoms with van der Waals surface area (Å²) in [6.45, 7) is 1.50. The monoisotopic (exact) mass is 225 g/mol. The summed E-state index contributed by atoms with van der Waals surface area (Å²) >= 11 is 1.17. The number of halogens is 1. The number of anilines is 1. The van der Waals surface area contributed by atoms with Crippen LogP contribution in [0.1, 0.15) is 12.5 Å². The third-order valence-corrected chi connectivity index (χ3v) is 2.52. The van der Waals surface area contributed by atoms with Crippen LogP contribution in [0.3, 0.4) is 0 Å². The first-order valence-corrected chi connectivity index (χ1v) is 5.43. The highest BCUT2D eigenvalue weighted by molar-refractivity contribution is 8.13. The maximum Gasteiger partial charge on any atom is 0.186 e. The molecule has 1 rings (SSSR count). The number of benzene rings is 1. The molecule has 0 fully saturated rings. The lowest BCUT2D eigenvalue weighted by Gasteiger charge is -2.00. The molecular formula is C11H12FNOS. The molecule has 0 saturated heterocycles. The number of thioether (sulfide) groups is 1. The SMILES string of the molecule is CC(=O)SCC=Cc1c(N)cccc1F. The molecule has 0 radical (unpaired) electrons. The molecule has 2 nitrogen and oxygen atoms in total. The van der Waals surface area contributed by atoms with Crippen molar-refractivity contribution in [3.8, 4) is 0 Å². The van der Waals surface area contributed by atoms with Crippen molar-refractivity contribution in [2.45, 2.75) is 6.92 Å². The number of nitrogen functional groups attached to an aromatic ring is 1. The third-order valence-electron chi connectivity index (χ3n) is 1.75. The predicted octanol–water partition coefficient (Wildman–Crippen LogP) is 2.70. The normalized spacial score (nSPS) is 10.8. The van der Waals surface area contributed by atoms with Crippen LogP contribution in [0.5, 0.6) is 0 Å². The Morgan fingerprint density at radius 2 is 2.33 bits per heavy atom. The molecule has 0 bridgehead atoms. The molecule has 15 heavy (non-hydrogen) atoms. The summed E-state index contributed by atoms with van der Waals surface area (Å²) in [4.78, 5) is 10.6. The molecule has 80 valence electrons. The Hall–Kier alpha value is -1.29. The Labute approximate surface area is 92.4 Å². The summed E-state index contributed by atoms with van der Waals surface area (Å²) in [7, 11) is 0. The van der Waals surface area contributed by atoms with Crippen molar-refractivity contribution in [1.29, 1.82) is 0 Å². The van der Waals surface area contributed by atoms with E-state index in [2.05, 4.69) is 0 Å². The van der Waals surface area contributed by atoms with E-state index in [-0.39, 0.29) is 10.9 Å². The first kappa shape index (κ1) is 11.8. The fraction of sp³-hybridized carbons (Fsp3) is 0.182. The summed E-state index contributed by atoms with van der Waals surface area (Å²) in [6.07, 6.45) is 3.32. The Bertz CT molecular complexity index is 370. The van der Waals surface area contributed by atoms with Gasteiger partial charge in [-0.3, -0.25) is 4.79 Å². The molecule has 0 unspecified atom stereocenters. The van der Waals surface area contributed by atoms with Gasteiger partial charge in [-0.1, -0.05) is 30.0 Å². The molecule has 0 amide bonds. The minimum atomic E-state index is -0.348. The molecule has 0 aliphatic rings. The summed E-state index contributed by atoms with van der Waals surface area (Å²) in [6, 6.07) is 4.56. The van der Waals surface area contributed by atoms with Gasteiger partial charge in [0.05, 0.1) is 0 Å². The highest BCUT2D eigenvalue weighted by atomic mass is 32.2. The second kappa shape index (κ2) is 5.56. The molecule has 0 atom stereocenters. The van der Waals surface area contributed by atoms with Gasteiger partial charge in [-0.2, -0.15) is 0 Å². The van der Waals surface area contributed by atoms with Gasteiger partial charge in [0.25, 0.3) is 0 Å². The van der Waals surface area contributed by atoms with E-state index in [1.165, 1.54) is 24.8 Å². The van der Waals surface area contributed by atoms with E-state index >= 15 is 0 Å². The number of carbonyl (C=O) groups is 1. The topological polar surface area (TPSA) is 43.1 Å². The average molecular weight is 225 g/mol. The van der Waals surface area contributed by atoms with E-state index in [0.717, 1.165) is 0 Å². The van der Waals surface area contributed by atoms with Crippen LogP contribution < -0.4 is 5.73 Å². The second-order valence-electron chi connectivity index (χ2n) is 2.95. The highest BCUT2D eigenvalue weighted by Gasteiger charge is 2.01. The fourth-order valence-corrected chi connectivity index (χ4v) is 1.49. The van der Waals surface area contributed by atoms with Gasteiger partial charge in [0, 0.05) is 23.9 Å². The van der Waals surface area contributed by atoms with Gasteiger partial charge in [-0.15, -0.1) is 0 Å². The Morgan fingerprint density at radius 1 is 1.60 bits per heavy atom. The molecule has 0 aromatic heterocycles. The summed E-state index contributed by atoms with van der Waals surface area (Å²) in [5.74, 6) is 0.183. The van der Waals surface area contributed by atoms with E-state index in [9.17, 15) is 9.18 Å². The van der Waals surface area contributed by atoms with Crippen LogP contribution in [0.15, 0.2) is 24.3 Å². The van der Waals surface area contributed by atoms with Crippen LogP contribution >= 0.6 is 11.8 Å². The van der Waals surface area contributed by atoms with Gasteiger partial charge in [0.15, 0.2) is 5.12 Å². The van der Waals surface area contributed by atoms with Gasteiger partial charge in [0.2, 0.25) is 0 Å². The summed E-state index contributed by atoms with van der Waals surface area (Å²) < 4.78 is 13.2. The smallest absolute Gasteiger partial charge is 0.186 e. The molecule has 1 aromatic rings. The van der Waals surface area contributed by atoms with Crippen molar-refractivity contribution >= 4 is 28.6 Å². The Kier molecular flexibility index (Phi) is 4.37. The van der Waals surface area contributed by atoms with Crippen LogP contribution in [-0.2, 0) is 4.79 Å². The van der Waals surface area contributed by atoms with Crippen LogP contribution in [0.2, 0.25) is 0 Å². The van der Waals surface area contributed by atoms with E-state index < -0.39 is 0 Å². The number of hydrogen-bond acceptors (Lipinski definition) is 3. The number of carbonyl (C=O) groups excluding carboxylic acids is 1. The zero-order chi connectivity index (χ0) is 11.3. The van der Waals surface area contributed by atoms with E-state index in [0.29, 0.717) is 17.0 Å². The van der Waals surface area contributed by atoms with E-state index in [1.54, 1.807) is 24.3 Å². The zero-order valence-corrected chi connectivity index (χ0v) is 9.18. The number of nitrogens with two attached hydrogens (primary N) is 1. The Morgan fingerprint density at radius 3 is 2.93 bits per heavy atom. The van der Waals surface area contributed by atoms with Crippen molar-refractivity contribution in [3.63, 3.8) is 0 Å². The molecule has 2 N–H and O–H groups in total. The lowest BCUT2D eigenvalue weighted by molar-refractivity contribution is -0.109. The first-order valence-electron chi connectivity index (χ1n) is 4.45. The lowest BCUT2D eigenvalue weighted by atomic mass is 10.1. The van der Waals surface area contributed by atoms with Crippen LogP contribution in [0, 0.1) is 5.82 Å². The average Bonchev–Trinajstić information content (AvgIpc) is 2.15. The van der Waals surface area contributed by atoms with Crippen LogP contribution in [0.4, 0.5) is 10.1 Å². The third kappa shape index (κ3) is 3.75. The van der Waals surface area contributed by atoms with Gasteiger partial charge >= 0.3 is 0 Å². The summed E-state index contributed by atoms with van der Waals surface area (Å²) in [5.41, 5.74) is 6.38. The molecular weight excluding hydrogens is 213 g/mol. The van der Waals surface area contributed by atoms with Gasteiger partial charge < -0.3 is 5.73 Å². The standard InChI is InChI=1S/C11H12FNOS/c1-8(14)15-7-3-4-9-10(12)5-2-6-11(9)13/h2-6H,7,13H2,1H3. The lowest BCUT2D eigenvalue weighted by Crippen LogP contribution is -1.92. The highest BCUT2D eigenvalue weighted by Crippen LogP contribution is 2.17. The minimum absolute atomic E-state index is 0.0427. The van der Waals surface area contributed by atoms with E-state index in [1.807, 2.05) is 0 Å². The van der Waals surface area contributed by atoms with Crippen molar-refractivity contribution in [2.75, 3.05) is 11.5 Å². The van der Waals surface area contributed by atoms with Gasteiger partial charge in [-0.25, -0.2) is 4.39 Å². The first-order chi connectivity index (χ1) is 7.11. The summed E-state index contributed by atoms with van der Waals surface area (Å²) in [5, 5.41) is 0.0427. The maximum absolute atomic E-state index is 13.2. The van der Waals surface area contributed by atoms with Crippen LogP contribution in [0.25, 0.3) is 6.08 Å². The number of hydrogen-bond donors (Lipinski definition) is 1. The molecule has 0 saturated carbocycles. The molecule has 0 aliphatic carbocycles. The fourth-order valence-electron chi connectivity index (χ4n) is 1.06. The minimum Gasteiger partial charge on any atom is -0.398 e. The maximum atomic E-state index is 13.2. The number of rotatable bonds is 3. The Balaban J connectivity index is 2.67. The molecule has 1 aromatic carbocycles. The molecule has 4 heteroatoms. The van der Waals surface area contributed by atoms with Crippen molar-refractivity contribution < 1.29 is 9.18 Å². The van der Waals surface area contributed by atoms with Crippen molar-refractivity contribution in [3.05, 3.63) is 35.7 Å². The molecule has 0 aliphatic heterocycles. The largest absolute Gasteiger partial charge is 0.398 e. The van der Waals surface area contributed by atoms with E-state index in [4.69, 9.17) is 5.73 Å². The molecule has 0 spiro atoms. The van der Waals surface area contributed by atoms with Gasteiger partial charge in [0.1, 0.15) is 5.82 Å². The van der Waals surface area contributed by atoms with Crippen molar-refractivity contribution in [2.24, 2.45) is 0 Å². The second-order valence-corrected chi connectivity index (χ2v) is 4.14. The molecule has 0 heterocycles. The zero-order valence-electron chi connectivity index (χ0n) is 8.37. The quantitative estimate of drug-likeness (QED) is 0.804. The van der Waals surface area contributed by atoms with Gasteiger partial charge in [-0.05, 0) is 12.1 Å². The predicted molar refractivity (Wildman–Crippen MR) is 63.0 cm³/mol. The van der Waals surface area contributed by atoms with Crippen LogP contribution in [-0.4, -0.2) is 10.9 Å².